The second-order valence-electron chi connectivity index (χ2n) is 6.60. The van der Waals surface area contributed by atoms with E-state index < -0.39 is 5.91 Å². The Morgan fingerprint density at radius 1 is 1.10 bits per heavy atom. The number of hydrogen-bond acceptors (Lipinski definition) is 5. The van der Waals surface area contributed by atoms with Crippen molar-refractivity contribution in [2.75, 3.05) is 20.8 Å². The Morgan fingerprint density at radius 3 is 2.38 bits per heavy atom. The number of nitrogens with zero attached hydrogens (tertiary/aromatic N) is 1. The molecule has 0 aliphatic carbocycles. The Hall–Kier alpha value is -3.46. The summed E-state index contributed by atoms with van der Waals surface area (Å²) in [6.07, 6.45) is 2.25. The zero-order valence-corrected chi connectivity index (χ0v) is 17.2. The van der Waals surface area contributed by atoms with Crippen LogP contribution in [0.3, 0.4) is 0 Å². The fourth-order valence-corrected chi connectivity index (χ4v) is 2.68. The van der Waals surface area contributed by atoms with Gasteiger partial charge in [0.15, 0.2) is 11.5 Å². The minimum atomic E-state index is -0.407. The molecule has 1 N–H and O–H groups in total. The van der Waals surface area contributed by atoms with Crippen LogP contribution in [0.1, 0.15) is 25.0 Å². The van der Waals surface area contributed by atoms with E-state index in [1.807, 2.05) is 62.4 Å². The molecule has 0 unspecified atom stereocenters. The first-order valence-electron chi connectivity index (χ1n) is 9.34. The largest absolute Gasteiger partial charge is 0.493 e. The molecule has 29 heavy (non-hydrogen) atoms. The lowest BCUT2D eigenvalue weighted by Crippen LogP contribution is -2.26. The van der Waals surface area contributed by atoms with E-state index >= 15 is 0 Å². The summed E-state index contributed by atoms with van der Waals surface area (Å²) >= 11 is 0. The van der Waals surface area contributed by atoms with Crippen LogP contribution in [-0.4, -0.2) is 32.8 Å². The molecule has 0 aliphatic heterocycles. The molecule has 0 spiro atoms. The number of amides is 1. The third-order valence-electron chi connectivity index (χ3n) is 4.08. The van der Waals surface area contributed by atoms with Crippen LogP contribution in [0.4, 0.5) is 0 Å². The van der Waals surface area contributed by atoms with Gasteiger partial charge in [0.25, 0.3) is 5.91 Å². The van der Waals surface area contributed by atoms with Crippen molar-refractivity contribution in [3.63, 3.8) is 0 Å². The van der Waals surface area contributed by atoms with E-state index in [2.05, 4.69) is 5.32 Å². The van der Waals surface area contributed by atoms with Gasteiger partial charge in [0.05, 0.1) is 20.3 Å². The van der Waals surface area contributed by atoms with Crippen LogP contribution in [0.5, 0.6) is 17.2 Å². The van der Waals surface area contributed by atoms with Gasteiger partial charge < -0.3 is 19.5 Å². The van der Waals surface area contributed by atoms with Gasteiger partial charge in [-0.25, -0.2) is 0 Å². The Labute approximate surface area is 171 Å². The van der Waals surface area contributed by atoms with Crippen LogP contribution in [0.25, 0.3) is 6.08 Å². The molecule has 0 aliphatic rings. The molecule has 0 saturated heterocycles. The lowest BCUT2D eigenvalue weighted by Gasteiger charge is -2.10. The summed E-state index contributed by atoms with van der Waals surface area (Å²) < 4.78 is 16.1. The van der Waals surface area contributed by atoms with Gasteiger partial charge in [-0.15, -0.1) is 0 Å². The van der Waals surface area contributed by atoms with Crippen LogP contribution in [0.15, 0.2) is 48.0 Å². The molecule has 0 atom stereocenters. The van der Waals surface area contributed by atoms with Crippen LogP contribution >= 0.6 is 0 Å². The third-order valence-corrected chi connectivity index (χ3v) is 4.08. The van der Waals surface area contributed by atoms with E-state index in [1.165, 1.54) is 0 Å². The number of nitrogens with one attached hydrogen (secondary N) is 1. The van der Waals surface area contributed by atoms with Crippen molar-refractivity contribution >= 4 is 12.0 Å². The highest BCUT2D eigenvalue weighted by molar-refractivity contribution is 6.01. The van der Waals surface area contributed by atoms with E-state index in [1.54, 1.807) is 20.3 Å². The maximum Gasteiger partial charge on any atom is 0.261 e. The maximum absolute atomic E-state index is 12.3. The van der Waals surface area contributed by atoms with Gasteiger partial charge in [-0.1, -0.05) is 18.2 Å². The second-order valence-corrected chi connectivity index (χ2v) is 6.60. The SMILES string of the molecule is COc1ccc(CCNC(=O)/C(C#N)=C/c2ccc(OC(C)C)cc2)cc1OC. The molecule has 6 nitrogen and oxygen atoms in total. The molecule has 2 rings (SSSR count). The van der Waals surface area contributed by atoms with Gasteiger partial charge in [-0.2, -0.15) is 5.26 Å². The van der Waals surface area contributed by atoms with Crippen molar-refractivity contribution < 1.29 is 19.0 Å². The van der Waals surface area contributed by atoms with Crippen LogP contribution in [0, 0.1) is 11.3 Å². The van der Waals surface area contributed by atoms with Gasteiger partial charge >= 0.3 is 0 Å². The number of hydrogen-bond donors (Lipinski definition) is 1. The Bertz CT molecular complexity index is 896. The Balaban J connectivity index is 1.96. The third kappa shape index (κ3) is 6.58. The molecule has 0 bridgehead atoms. The summed E-state index contributed by atoms with van der Waals surface area (Å²) in [5, 5.41) is 12.1. The van der Waals surface area contributed by atoms with Crippen LogP contribution in [0.2, 0.25) is 0 Å². The number of nitriles is 1. The second kappa shape index (κ2) is 10.8. The molecule has 0 aromatic heterocycles. The van der Waals surface area contributed by atoms with E-state index in [4.69, 9.17) is 14.2 Å². The molecule has 152 valence electrons. The normalized spacial score (nSPS) is 11.0. The van der Waals surface area contributed by atoms with E-state index in [0.29, 0.717) is 24.5 Å². The van der Waals surface area contributed by atoms with Crippen LogP contribution in [-0.2, 0) is 11.2 Å². The molecule has 2 aromatic carbocycles. The zero-order valence-electron chi connectivity index (χ0n) is 17.2. The Morgan fingerprint density at radius 2 is 1.79 bits per heavy atom. The summed E-state index contributed by atoms with van der Waals surface area (Å²) in [6.45, 7) is 4.30. The number of methoxy groups -OCH3 is 2. The van der Waals surface area contributed by atoms with Crippen LogP contribution < -0.4 is 19.5 Å². The van der Waals surface area contributed by atoms with E-state index in [0.717, 1.165) is 16.9 Å². The summed E-state index contributed by atoms with van der Waals surface area (Å²) in [6, 6.07) is 14.8. The molecule has 0 saturated carbocycles. The van der Waals surface area contributed by atoms with Crippen molar-refractivity contribution in [1.29, 1.82) is 5.26 Å². The van der Waals surface area contributed by atoms with E-state index in [-0.39, 0.29) is 11.7 Å². The molecule has 0 heterocycles. The summed E-state index contributed by atoms with van der Waals surface area (Å²) in [4.78, 5) is 12.3. The molecule has 2 aromatic rings. The molecule has 0 radical (unpaired) electrons. The van der Waals surface area contributed by atoms with Crippen molar-refractivity contribution in [1.82, 2.24) is 5.32 Å². The molecular formula is C23H26N2O4. The fraction of sp³-hybridized carbons (Fsp3) is 0.304. The quantitative estimate of drug-likeness (QED) is 0.517. The number of ether oxygens (including phenoxy) is 3. The maximum atomic E-state index is 12.3. The highest BCUT2D eigenvalue weighted by atomic mass is 16.5. The van der Waals surface area contributed by atoms with Gasteiger partial charge in [-0.05, 0) is 61.7 Å². The molecule has 6 heteroatoms. The number of carbonyl (C=O) groups is 1. The van der Waals surface area contributed by atoms with E-state index in [9.17, 15) is 10.1 Å². The smallest absolute Gasteiger partial charge is 0.261 e. The predicted molar refractivity (Wildman–Crippen MR) is 112 cm³/mol. The first-order valence-corrected chi connectivity index (χ1v) is 9.34. The standard InChI is InChI=1S/C23H26N2O4/c1-16(2)29-20-8-5-17(6-9-20)13-19(15-24)23(26)25-12-11-18-7-10-21(27-3)22(14-18)28-4/h5-10,13-14,16H,11-12H2,1-4H3,(H,25,26)/b19-13+. The number of carbonyl (C=O) groups excluding carboxylic acids is 1. The highest BCUT2D eigenvalue weighted by Gasteiger charge is 2.10. The topological polar surface area (TPSA) is 80.6 Å². The minimum absolute atomic E-state index is 0.0508. The first kappa shape index (κ1) is 21.8. The van der Waals surface area contributed by atoms with Crippen molar-refractivity contribution in [3.8, 4) is 23.3 Å². The zero-order chi connectivity index (χ0) is 21.2. The molecular weight excluding hydrogens is 368 g/mol. The minimum Gasteiger partial charge on any atom is -0.493 e. The van der Waals surface area contributed by atoms with Gasteiger partial charge in [-0.3, -0.25) is 4.79 Å². The van der Waals surface area contributed by atoms with Crippen molar-refractivity contribution in [3.05, 3.63) is 59.2 Å². The van der Waals surface area contributed by atoms with Gasteiger partial charge in [0.2, 0.25) is 0 Å². The number of rotatable bonds is 9. The molecule has 1 amide bonds. The average Bonchev–Trinajstić information content (AvgIpc) is 2.72. The van der Waals surface area contributed by atoms with Crippen molar-refractivity contribution in [2.24, 2.45) is 0 Å². The van der Waals surface area contributed by atoms with Crippen molar-refractivity contribution in [2.45, 2.75) is 26.4 Å². The number of benzene rings is 2. The van der Waals surface area contributed by atoms with Gasteiger partial charge in [0.1, 0.15) is 17.4 Å². The fourth-order valence-electron chi connectivity index (χ4n) is 2.68. The average molecular weight is 394 g/mol. The highest BCUT2D eigenvalue weighted by Crippen LogP contribution is 2.27. The summed E-state index contributed by atoms with van der Waals surface area (Å²) in [5.41, 5.74) is 1.80. The summed E-state index contributed by atoms with van der Waals surface area (Å²) in [5.74, 6) is 1.63. The lowest BCUT2D eigenvalue weighted by molar-refractivity contribution is -0.117. The first-order chi connectivity index (χ1) is 14.0. The lowest BCUT2D eigenvalue weighted by atomic mass is 10.1. The molecule has 0 fully saturated rings. The van der Waals surface area contributed by atoms with Gasteiger partial charge in [0, 0.05) is 6.54 Å². The predicted octanol–water partition coefficient (Wildman–Crippen LogP) is 3.76. The monoisotopic (exact) mass is 394 g/mol. The Kier molecular flexibility index (Phi) is 8.11. The summed E-state index contributed by atoms with van der Waals surface area (Å²) in [7, 11) is 3.16.